The molecule has 4 nitrogen and oxygen atoms in total. The largest absolute Gasteiger partial charge is 0.468 e. The van der Waals surface area contributed by atoms with Gasteiger partial charge in [-0.1, -0.05) is 0 Å². The van der Waals surface area contributed by atoms with Crippen molar-refractivity contribution in [3.05, 3.63) is 24.2 Å². The van der Waals surface area contributed by atoms with Crippen LogP contribution in [0.25, 0.3) is 0 Å². The number of ether oxygens (including phenoxy) is 1. The van der Waals surface area contributed by atoms with E-state index >= 15 is 0 Å². The predicted molar refractivity (Wildman–Crippen MR) is 78.5 cm³/mol. The molecule has 2 aliphatic rings. The van der Waals surface area contributed by atoms with E-state index in [1.807, 2.05) is 23.9 Å². The van der Waals surface area contributed by atoms with Gasteiger partial charge in [-0.15, -0.1) is 0 Å². The van der Waals surface area contributed by atoms with Gasteiger partial charge in [-0.2, -0.15) is 11.8 Å². The molecule has 0 radical (unpaired) electrons. The summed E-state index contributed by atoms with van der Waals surface area (Å²) in [5.41, 5.74) is -0.448. The quantitative estimate of drug-likeness (QED) is 0.818. The summed E-state index contributed by atoms with van der Waals surface area (Å²) in [6.07, 6.45) is 6.87. The van der Waals surface area contributed by atoms with Gasteiger partial charge < -0.3 is 9.15 Å². The summed E-state index contributed by atoms with van der Waals surface area (Å²) in [4.78, 5) is 12.2. The van der Waals surface area contributed by atoms with Gasteiger partial charge in [0.1, 0.15) is 11.3 Å². The van der Waals surface area contributed by atoms with E-state index in [4.69, 9.17) is 9.15 Å². The number of carbonyl (C=O) groups is 1. The van der Waals surface area contributed by atoms with Crippen molar-refractivity contribution >= 4 is 17.7 Å². The van der Waals surface area contributed by atoms with Crippen molar-refractivity contribution in [3.63, 3.8) is 0 Å². The molecule has 2 aliphatic carbocycles. The summed E-state index contributed by atoms with van der Waals surface area (Å²) >= 11 is 1.88. The number of thioether (sulfide) groups is 1. The molecule has 2 saturated carbocycles. The highest BCUT2D eigenvalue weighted by atomic mass is 32.2. The first kappa shape index (κ1) is 14.0. The highest BCUT2D eigenvalue weighted by Crippen LogP contribution is 2.41. The van der Waals surface area contributed by atoms with Crippen LogP contribution in [0.3, 0.4) is 0 Å². The van der Waals surface area contributed by atoms with Gasteiger partial charge in [-0.05, 0) is 44.2 Å². The van der Waals surface area contributed by atoms with E-state index in [0.717, 1.165) is 30.8 Å². The molecular weight excluding hydrogens is 274 g/mol. The zero-order chi connectivity index (χ0) is 14.0. The van der Waals surface area contributed by atoms with Crippen LogP contribution in [0.15, 0.2) is 22.8 Å². The number of hydrogen-bond acceptors (Lipinski definition) is 5. The van der Waals surface area contributed by atoms with Crippen LogP contribution in [-0.2, 0) is 15.3 Å². The van der Waals surface area contributed by atoms with Crippen LogP contribution < -0.4 is 5.32 Å². The summed E-state index contributed by atoms with van der Waals surface area (Å²) < 4.78 is 10.4. The van der Waals surface area contributed by atoms with Crippen LogP contribution in [0.4, 0.5) is 0 Å². The second-order valence-corrected chi connectivity index (χ2v) is 7.04. The maximum absolute atomic E-state index is 12.2. The summed E-state index contributed by atoms with van der Waals surface area (Å²) in [5.74, 6) is 1.78. The van der Waals surface area contributed by atoms with E-state index in [1.165, 1.54) is 20.0 Å². The van der Waals surface area contributed by atoms with Gasteiger partial charge in [0.2, 0.25) is 0 Å². The van der Waals surface area contributed by atoms with Crippen molar-refractivity contribution in [1.82, 2.24) is 5.32 Å². The van der Waals surface area contributed by atoms with Crippen LogP contribution in [0.2, 0.25) is 0 Å². The Morgan fingerprint density at radius 1 is 1.55 bits per heavy atom. The van der Waals surface area contributed by atoms with Crippen molar-refractivity contribution < 1.29 is 13.9 Å². The SMILES string of the molecule is COC(=O)C1(NC2CC2)CCC(SCc2ccco2)C1. The Hall–Kier alpha value is -0.940. The third-order valence-corrected chi connectivity index (χ3v) is 5.47. The number of rotatable bonds is 6. The second-order valence-electron chi connectivity index (χ2n) is 5.75. The third kappa shape index (κ3) is 3.04. The Morgan fingerprint density at radius 3 is 3.05 bits per heavy atom. The Bertz CT molecular complexity index is 458. The minimum Gasteiger partial charge on any atom is -0.468 e. The topological polar surface area (TPSA) is 51.5 Å². The van der Waals surface area contributed by atoms with Crippen LogP contribution in [-0.4, -0.2) is 29.9 Å². The highest BCUT2D eigenvalue weighted by Gasteiger charge is 2.48. The second kappa shape index (κ2) is 5.82. The van der Waals surface area contributed by atoms with Crippen LogP contribution in [0, 0.1) is 0 Å². The van der Waals surface area contributed by atoms with Gasteiger partial charge in [-0.3, -0.25) is 10.1 Å². The van der Waals surface area contributed by atoms with Gasteiger partial charge in [0, 0.05) is 11.3 Å². The van der Waals surface area contributed by atoms with E-state index in [0.29, 0.717) is 11.3 Å². The summed E-state index contributed by atoms with van der Waals surface area (Å²) in [7, 11) is 1.49. The molecule has 110 valence electrons. The molecule has 0 aromatic carbocycles. The third-order valence-electron chi connectivity index (χ3n) is 4.14. The lowest BCUT2D eigenvalue weighted by Crippen LogP contribution is -2.52. The Kier molecular flexibility index (Phi) is 4.08. The van der Waals surface area contributed by atoms with Crippen molar-refractivity contribution in [3.8, 4) is 0 Å². The average molecular weight is 295 g/mol. The minimum absolute atomic E-state index is 0.0921. The van der Waals surface area contributed by atoms with Crippen LogP contribution in [0.1, 0.15) is 37.9 Å². The van der Waals surface area contributed by atoms with Crippen LogP contribution in [0.5, 0.6) is 0 Å². The zero-order valence-corrected chi connectivity index (χ0v) is 12.6. The van der Waals surface area contributed by atoms with E-state index in [9.17, 15) is 4.79 Å². The number of esters is 1. The molecule has 1 heterocycles. The first-order valence-electron chi connectivity index (χ1n) is 7.22. The molecule has 0 bridgehead atoms. The molecule has 5 heteroatoms. The van der Waals surface area contributed by atoms with Crippen molar-refractivity contribution in [2.75, 3.05) is 7.11 Å². The lowest BCUT2D eigenvalue weighted by atomic mass is 9.97. The van der Waals surface area contributed by atoms with Crippen molar-refractivity contribution in [2.24, 2.45) is 0 Å². The van der Waals surface area contributed by atoms with Gasteiger partial charge in [0.05, 0.1) is 19.1 Å². The lowest BCUT2D eigenvalue weighted by Gasteiger charge is -2.27. The van der Waals surface area contributed by atoms with Gasteiger partial charge >= 0.3 is 5.97 Å². The smallest absolute Gasteiger partial charge is 0.326 e. The Balaban J connectivity index is 1.58. The lowest BCUT2D eigenvalue weighted by molar-refractivity contribution is -0.148. The average Bonchev–Trinajstić information content (AvgIpc) is 2.95. The first-order valence-corrected chi connectivity index (χ1v) is 8.27. The number of hydrogen-bond donors (Lipinski definition) is 1. The number of carbonyl (C=O) groups excluding carboxylic acids is 1. The molecule has 1 N–H and O–H groups in total. The minimum atomic E-state index is -0.448. The molecule has 1 aromatic heterocycles. The molecule has 2 fully saturated rings. The van der Waals surface area contributed by atoms with E-state index in [1.54, 1.807) is 6.26 Å². The Labute approximate surface area is 123 Å². The molecule has 3 rings (SSSR count). The maximum atomic E-state index is 12.2. The maximum Gasteiger partial charge on any atom is 0.326 e. The molecule has 20 heavy (non-hydrogen) atoms. The molecule has 1 aromatic rings. The molecule has 2 unspecified atom stereocenters. The fourth-order valence-corrected chi connectivity index (χ4v) is 4.18. The van der Waals surface area contributed by atoms with E-state index in [-0.39, 0.29) is 5.97 Å². The summed E-state index contributed by atoms with van der Waals surface area (Å²) in [5, 5.41) is 4.02. The Morgan fingerprint density at radius 2 is 2.40 bits per heavy atom. The zero-order valence-electron chi connectivity index (χ0n) is 11.8. The predicted octanol–water partition coefficient (Wildman–Crippen LogP) is 2.73. The molecule has 0 amide bonds. The normalized spacial score (nSPS) is 29.6. The van der Waals surface area contributed by atoms with Gasteiger partial charge in [0.25, 0.3) is 0 Å². The highest BCUT2D eigenvalue weighted by molar-refractivity contribution is 7.99. The monoisotopic (exact) mass is 295 g/mol. The molecule has 0 spiro atoms. The number of furan rings is 1. The fourth-order valence-electron chi connectivity index (χ4n) is 2.93. The number of methoxy groups -OCH3 is 1. The van der Waals surface area contributed by atoms with E-state index in [2.05, 4.69) is 5.32 Å². The number of nitrogens with one attached hydrogen (secondary N) is 1. The van der Waals surface area contributed by atoms with Gasteiger partial charge in [-0.25, -0.2) is 0 Å². The fraction of sp³-hybridized carbons (Fsp3) is 0.667. The molecule has 0 aliphatic heterocycles. The standard InChI is InChI=1S/C15H21NO3S/c1-18-14(17)15(16-11-4-5-11)7-6-13(9-15)20-10-12-3-2-8-19-12/h2-3,8,11,13,16H,4-7,9-10H2,1H3. The molecule has 0 saturated heterocycles. The van der Waals surface area contributed by atoms with E-state index < -0.39 is 5.54 Å². The van der Waals surface area contributed by atoms with Crippen molar-refractivity contribution in [1.29, 1.82) is 0 Å². The van der Waals surface area contributed by atoms with Gasteiger partial charge in [0.15, 0.2) is 0 Å². The summed E-state index contributed by atoms with van der Waals surface area (Å²) in [6, 6.07) is 4.43. The molecule has 2 atom stereocenters. The van der Waals surface area contributed by atoms with Crippen molar-refractivity contribution in [2.45, 2.75) is 54.7 Å². The summed E-state index contributed by atoms with van der Waals surface area (Å²) in [6.45, 7) is 0. The van der Waals surface area contributed by atoms with Crippen LogP contribution >= 0.6 is 11.8 Å². The molecular formula is C15H21NO3S. The first-order chi connectivity index (χ1) is 9.72.